The smallest absolute Gasteiger partial charge is 0.315 e. The van der Waals surface area contributed by atoms with E-state index in [4.69, 9.17) is 9.15 Å². The van der Waals surface area contributed by atoms with E-state index in [0.717, 1.165) is 39.1 Å². The third-order valence-electron chi connectivity index (χ3n) is 2.74. The highest BCUT2D eigenvalue weighted by Gasteiger charge is 2.16. The van der Waals surface area contributed by atoms with E-state index in [1.807, 2.05) is 0 Å². The number of nitrogens with zero attached hydrogens (tertiary/aromatic N) is 2. The molecule has 0 spiro atoms. The third kappa shape index (κ3) is 3.98. The van der Waals surface area contributed by atoms with E-state index in [1.165, 1.54) is 0 Å². The lowest BCUT2D eigenvalue weighted by Gasteiger charge is -2.06. The number of hydrogen-bond donors (Lipinski definition) is 2. The molecule has 2 heterocycles. The second kappa shape index (κ2) is 6.56. The summed E-state index contributed by atoms with van der Waals surface area (Å²) in [5, 5.41) is 14.3. The average molecular weight is 240 g/mol. The summed E-state index contributed by atoms with van der Waals surface area (Å²) in [6.45, 7) is 6.25. The molecule has 6 nitrogen and oxygen atoms in total. The van der Waals surface area contributed by atoms with Crippen LogP contribution < -0.4 is 10.6 Å². The van der Waals surface area contributed by atoms with E-state index in [0.29, 0.717) is 24.4 Å². The summed E-state index contributed by atoms with van der Waals surface area (Å²) in [7, 11) is 0. The molecule has 1 fully saturated rings. The van der Waals surface area contributed by atoms with Crippen molar-refractivity contribution in [2.75, 3.05) is 31.6 Å². The SMILES string of the molecule is CCCNCc1nnc(NCC2CCOC2)o1. The Balaban J connectivity index is 1.69. The zero-order valence-corrected chi connectivity index (χ0v) is 10.2. The molecule has 0 aromatic carbocycles. The molecule has 1 unspecified atom stereocenters. The quantitative estimate of drug-likeness (QED) is 0.693. The summed E-state index contributed by atoms with van der Waals surface area (Å²) in [6.07, 6.45) is 2.20. The summed E-state index contributed by atoms with van der Waals surface area (Å²) in [6, 6.07) is 0.505. The Morgan fingerprint density at radius 3 is 3.12 bits per heavy atom. The molecule has 0 bridgehead atoms. The molecule has 1 aromatic rings. The van der Waals surface area contributed by atoms with Crippen LogP contribution in [0.15, 0.2) is 4.42 Å². The highest BCUT2D eigenvalue weighted by molar-refractivity contribution is 5.16. The first-order chi connectivity index (χ1) is 8.38. The zero-order chi connectivity index (χ0) is 11.9. The van der Waals surface area contributed by atoms with E-state index in [-0.39, 0.29) is 0 Å². The van der Waals surface area contributed by atoms with Gasteiger partial charge >= 0.3 is 6.01 Å². The number of nitrogens with one attached hydrogen (secondary N) is 2. The second-order valence-corrected chi connectivity index (χ2v) is 4.29. The van der Waals surface area contributed by atoms with Crippen molar-refractivity contribution in [1.29, 1.82) is 0 Å². The van der Waals surface area contributed by atoms with Gasteiger partial charge in [-0.2, -0.15) is 0 Å². The number of hydrogen-bond acceptors (Lipinski definition) is 6. The first-order valence-electron chi connectivity index (χ1n) is 6.23. The van der Waals surface area contributed by atoms with Crippen molar-refractivity contribution in [2.45, 2.75) is 26.3 Å². The van der Waals surface area contributed by atoms with Crippen molar-refractivity contribution in [3.8, 4) is 0 Å². The molecule has 2 rings (SSSR count). The first-order valence-corrected chi connectivity index (χ1v) is 6.23. The van der Waals surface area contributed by atoms with E-state index >= 15 is 0 Å². The second-order valence-electron chi connectivity index (χ2n) is 4.29. The van der Waals surface area contributed by atoms with Crippen molar-refractivity contribution >= 4 is 6.01 Å². The maximum atomic E-state index is 5.45. The summed E-state index contributed by atoms with van der Waals surface area (Å²) < 4.78 is 10.8. The fraction of sp³-hybridized carbons (Fsp3) is 0.818. The summed E-state index contributed by atoms with van der Waals surface area (Å²) in [5.41, 5.74) is 0. The predicted octanol–water partition coefficient (Wildman–Crippen LogP) is 1.02. The molecule has 1 aliphatic rings. The van der Waals surface area contributed by atoms with Crippen LogP contribution in [0, 0.1) is 5.92 Å². The van der Waals surface area contributed by atoms with E-state index in [1.54, 1.807) is 0 Å². The molecule has 0 saturated carbocycles. The van der Waals surface area contributed by atoms with Crippen LogP contribution in [0.2, 0.25) is 0 Å². The highest BCUT2D eigenvalue weighted by atomic mass is 16.5. The molecule has 96 valence electrons. The third-order valence-corrected chi connectivity index (χ3v) is 2.74. The van der Waals surface area contributed by atoms with E-state index in [2.05, 4.69) is 27.8 Å². The van der Waals surface area contributed by atoms with E-state index < -0.39 is 0 Å². The van der Waals surface area contributed by atoms with Gasteiger partial charge < -0.3 is 19.8 Å². The lowest BCUT2D eigenvalue weighted by atomic mass is 10.1. The van der Waals surface area contributed by atoms with Gasteiger partial charge in [-0.15, -0.1) is 5.10 Å². The standard InChI is InChI=1S/C11H20N4O2/c1-2-4-12-7-10-14-15-11(17-10)13-6-9-3-5-16-8-9/h9,12H,2-8H2,1H3,(H,13,15). The fourth-order valence-electron chi connectivity index (χ4n) is 1.74. The molecule has 0 amide bonds. The van der Waals surface area contributed by atoms with Crippen LogP contribution in [0.1, 0.15) is 25.7 Å². The van der Waals surface area contributed by atoms with Gasteiger partial charge in [0, 0.05) is 19.1 Å². The lowest BCUT2D eigenvalue weighted by Crippen LogP contribution is -2.14. The predicted molar refractivity (Wildman–Crippen MR) is 63.7 cm³/mol. The van der Waals surface area contributed by atoms with E-state index in [9.17, 15) is 0 Å². The fourth-order valence-corrected chi connectivity index (χ4v) is 1.74. The minimum absolute atomic E-state index is 0.505. The minimum atomic E-state index is 0.505. The van der Waals surface area contributed by atoms with Gasteiger partial charge in [0.25, 0.3) is 0 Å². The van der Waals surface area contributed by atoms with Crippen molar-refractivity contribution in [3.05, 3.63) is 5.89 Å². The lowest BCUT2D eigenvalue weighted by molar-refractivity contribution is 0.187. The Hall–Kier alpha value is -1.14. The molecule has 0 radical (unpaired) electrons. The van der Waals surface area contributed by atoms with Crippen molar-refractivity contribution in [3.63, 3.8) is 0 Å². The Labute approximate surface area is 101 Å². The molecule has 1 aromatic heterocycles. The van der Waals surface area contributed by atoms with Crippen molar-refractivity contribution in [1.82, 2.24) is 15.5 Å². The largest absolute Gasteiger partial charge is 0.407 e. The van der Waals surface area contributed by atoms with Crippen LogP contribution in [0.5, 0.6) is 0 Å². The molecule has 1 atom stereocenters. The number of rotatable bonds is 7. The Morgan fingerprint density at radius 1 is 1.41 bits per heavy atom. The minimum Gasteiger partial charge on any atom is -0.407 e. The molecule has 2 N–H and O–H groups in total. The van der Waals surface area contributed by atoms with Gasteiger partial charge in [-0.05, 0) is 19.4 Å². The maximum absolute atomic E-state index is 5.45. The first kappa shape index (κ1) is 12.3. The summed E-state index contributed by atoms with van der Waals surface area (Å²) in [5.74, 6) is 1.19. The summed E-state index contributed by atoms with van der Waals surface area (Å²) in [4.78, 5) is 0. The summed E-state index contributed by atoms with van der Waals surface area (Å²) >= 11 is 0. The van der Waals surface area contributed by atoms with Gasteiger partial charge in [0.05, 0.1) is 13.2 Å². The topological polar surface area (TPSA) is 72.2 Å². The maximum Gasteiger partial charge on any atom is 0.315 e. The monoisotopic (exact) mass is 240 g/mol. The highest BCUT2D eigenvalue weighted by Crippen LogP contribution is 2.13. The van der Waals surface area contributed by atoms with Gasteiger partial charge in [0.15, 0.2) is 0 Å². The van der Waals surface area contributed by atoms with Gasteiger partial charge in [-0.25, -0.2) is 0 Å². The molecule has 17 heavy (non-hydrogen) atoms. The van der Waals surface area contributed by atoms with Crippen LogP contribution in [-0.4, -0.2) is 36.5 Å². The normalized spacial score (nSPS) is 19.7. The van der Waals surface area contributed by atoms with Crippen molar-refractivity contribution < 1.29 is 9.15 Å². The molecule has 1 aliphatic heterocycles. The van der Waals surface area contributed by atoms with Crippen molar-refractivity contribution in [2.24, 2.45) is 5.92 Å². The van der Waals surface area contributed by atoms with Gasteiger partial charge in [0.2, 0.25) is 5.89 Å². The van der Waals surface area contributed by atoms with Crippen LogP contribution in [0.25, 0.3) is 0 Å². The number of anilines is 1. The Morgan fingerprint density at radius 2 is 2.35 bits per heavy atom. The zero-order valence-electron chi connectivity index (χ0n) is 10.2. The Bertz CT molecular complexity index is 323. The molecular weight excluding hydrogens is 220 g/mol. The molecule has 0 aliphatic carbocycles. The number of ether oxygens (including phenoxy) is 1. The van der Waals surface area contributed by atoms with Crippen LogP contribution >= 0.6 is 0 Å². The van der Waals surface area contributed by atoms with Gasteiger partial charge in [0.1, 0.15) is 0 Å². The van der Waals surface area contributed by atoms with Gasteiger partial charge in [-0.3, -0.25) is 0 Å². The van der Waals surface area contributed by atoms with Crippen LogP contribution in [-0.2, 0) is 11.3 Å². The average Bonchev–Trinajstić information content (AvgIpc) is 2.98. The Kier molecular flexibility index (Phi) is 4.75. The van der Waals surface area contributed by atoms with Gasteiger partial charge in [-0.1, -0.05) is 12.0 Å². The van der Waals surface area contributed by atoms with Crippen LogP contribution in [0.3, 0.4) is 0 Å². The molecular formula is C11H20N4O2. The van der Waals surface area contributed by atoms with Crippen LogP contribution in [0.4, 0.5) is 6.01 Å². The molecule has 1 saturated heterocycles. The number of aromatic nitrogens is 2. The molecule has 6 heteroatoms.